The first-order chi connectivity index (χ1) is 6.38. The van der Waals surface area contributed by atoms with E-state index in [0.29, 0.717) is 0 Å². The van der Waals surface area contributed by atoms with Crippen molar-refractivity contribution in [3.05, 3.63) is 41.7 Å². The van der Waals surface area contributed by atoms with Crippen LogP contribution < -0.4 is 0 Å². The highest BCUT2D eigenvalue weighted by atomic mass is 15.0. The van der Waals surface area contributed by atoms with E-state index in [2.05, 4.69) is 21.4 Å². The minimum Gasteiger partial charge on any atom is -0.337 e. The Kier molecular flexibility index (Phi) is 2.15. The van der Waals surface area contributed by atoms with Gasteiger partial charge in [0, 0.05) is 12.7 Å². The van der Waals surface area contributed by atoms with Crippen molar-refractivity contribution < 1.29 is 0 Å². The Morgan fingerprint density at radius 2 is 2.46 bits per heavy atom. The Morgan fingerprint density at radius 3 is 3.38 bits per heavy atom. The van der Waals surface area contributed by atoms with Crippen LogP contribution in [0.5, 0.6) is 0 Å². The van der Waals surface area contributed by atoms with Crippen LogP contribution in [-0.2, 0) is 13.5 Å². The van der Waals surface area contributed by atoms with Crippen LogP contribution in [0.15, 0.2) is 30.3 Å². The van der Waals surface area contributed by atoms with Gasteiger partial charge in [-0.2, -0.15) is 0 Å². The molecule has 0 atom stereocenters. The van der Waals surface area contributed by atoms with Crippen molar-refractivity contribution in [1.29, 1.82) is 0 Å². The first-order valence-corrected chi connectivity index (χ1v) is 4.46. The second-order valence-electron chi connectivity index (χ2n) is 3.12. The predicted molar refractivity (Wildman–Crippen MR) is 53.2 cm³/mol. The quantitative estimate of drug-likeness (QED) is 0.548. The van der Waals surface area contributed by atoms with Gasteiger partial charge in [-0.05, 0) is 31.1 Å². The molecule has 2 rings (SSSR count). The summed E-state index contributed by atoms with van der Waals surface area (Å²) in [5.41, 5.74) is 5.47. The first kappa shape index (κ1) is 8.09. The second-order valence-corrected chi connectivity index (χ2v) is 3.12. The minimum atomic E-state index is 1.03. The van der Waals surface area contributed by atoms with Crippen LogP contribution in [-0.4, -0.2) is 9.55 Å². The maximum Gasteiger partial charge on any atom is 0.0953 e. The largest absolute Gasteiger partial charge is 0.337 e. The molecular weight excluding hydrogens is 160 g/mol. The van der Waals surface area contributed by atoms with Crippen LogP contribution in [0.4, 0.5) is 0 Å². The summed E-state index contributed by atoms with van der Waals surface area (Å²) >= 11 is 0. The highest BCUT2D eigenvalue weighted by Gasteiger charge is 2.04. The van der Waals surface area contributed by atoms with Crippen LogP contribution in [0.2, 0.25) is 0 Å². The van der Waals surface area contributed by atoms with Crippen molar-refractivity contribution >= 4 is 6.08 Å². The van der Waals surface area contributed by atoms with Gasteiger partial charge in [0.05, 0.1) is 12.0 Å². The minimum absolute atomic E-state index is 1.03. The van der Waals surface area contributed by atoms with E-state index in [0.717, 1.165) is 18.5 Å². The van der Waals surface area contributed by atoms with E-state index in [1.54, 1.807) is 0 Å². The third kappa shape index (κ3) is 1.63. The van der Waals surface area contributed by atoms with Crippen LogP contribution in [0.3, 0.4) is 0 Å². The van der Waals surface area contributed by atoms with Crippen LogP contribution in [0.1, 0.15) is 17.8 Å². The Balaban J connectivity index is 2.43. The Labute approximate surface area is 77.9 Å². The number of hydrogen-bond acceptors (Lipinski definition) is 1. The molecule has 66 valence electrons. The molecule has 0 amide bonds. The summed E-state index contributed by atoms with van der Waals surface area (Å²) in [6.45, 7) is 0. The number of imidazole rings is 1. The zero-order valence-electron chi connectivity index (χ0n) is 7.70. The summed E-state index contributed by atoms with van der Waals surface area (Å²) in [6.07, 6.45) is 11.9. The molecule has 0 N–H and O–H groups in total. The summed E-state index contributed by atoms with van der Waals surface area (Å²) in [4.78, 5) is 4.31. The van der Waals surface area contributed by atoms with E-state index in [-0.39, 0.29) is 0 Å². The van der Waals surface area contributed by atoms with Crippen molar-refractivity contribution in [2.45, 2.75) is 12.8 Å². The molecule has 2 heteroatoms. The number of aromatic nitrogens is 2. The van der Waals surface area contributed by atoms with Crippen molar-refractivity contribution in [1.82, 2.24) is 9.55 Å². The number of fused-ring (bicyclic) bond motifs is 1. The number of allylic oxidation sites excluding steroid dienone is 2. The van der Waals surface area contributed by atoms with E-state index in [1.807, 2.05) is 31.6 Å². The molecule has 0 bridgehead atoms. The first-order valence-electron chi connectivity index (χ1n) is 4.46. The summed E-state index contributed by atoms with van der Waals surface area (Å²) in [7, 11) is 2.04. The van der Waals surface area contributed by atoms with E-state index < -0.39 is 0 Å². The topological polar surface area (TPSA) is 17.8 Å². The lowest BCUT2D eigenvalue weighted by Crippen LogP contribution is -1.95. The Hall–Kier alpha value is -1.53. The molecule has 13 heavy (non-hydrogen) atoms. The van der Waals surface area contributed by atoms with E-state index in [4.69, 9.17) is 0 Å². The van der Waals surface area contributed by atoms with Crippen LogP contribution in [0.25, 0.3) is 6.08 Å². The smallest absolute Gasteiger partial charge is 0.0953 e. The second kappa shape index (κ2) is 3.46. The van der Waals surface area contributed by atoms with Gasteiger partial charge in [0.1, 0.15) is 0 Å². The molecule has 2 nitrogen and oxygen atoms in total. The lowest BCUT2D eigenvalue weighted by atomic mass is 10.2. The fourth-order valence-electron chi connectivity index (χ4n) is 1.47. The number of aryl methyl sites for hydroxylation is 1. The molecule has 0 aromatic carbocycles. The molecule has 1 aromatic rings. The standard InChI is InChI=1S/C11H12N2/c1-13-9-12-10-7-5-3-2-4-6-8-11(10)13/h3-5,7,9H,6,8H2,1H3/b7-5-. The van der Waals surface area contributed by atoms with Crippen molar-refractivity contribution in [2.24, 2.45) is 7.05 Å². The molecule has 0 saturated carbocycles. The van der Waals surface area contributed by atoms with Gasteiger partial charge in [0.2, 0.25) is 0 Å². The molecule has 1 aliphatic carbocycles. The highest BCUT2D eigenvalue weighted by molar-refractivity contribution is 5.50. The molecule has 0 saturated heterocycles. The fourth-order valence-corrected chi connectivity index (χ4v) is 1.47. The van der Waals surface area contributed by atoms with Gasteiger partial charge in [0.15, 0.2) is 0 Å². The molecule has 0 unspecified atom stereocenters. The molecule has 0 aliphatic heterocycles. The molecule has 0 spiro atoms. The average molecular weight is 172 g/mol. The van der Waals surface area contributed by atoms with E-state index >= 15 is 0 Å². The van der Waals surface area contributed by atoms with E-state index in [1.165, 1.54) is 5.69 Å². The summed E-state index contributed by atoms with van der Waals surface area (Å²) in [5.74, 6) is 0. The van der Waals surface area contributed by atoms with Crippen molar-refractivity contribution in [2.75, 3.05) is 0 Å². The third-order valence-corrected chi connectivity index (χ3v) is 2.18. The average Bonchev–Trinajstić information content (AvgIpc) is 2.51. The Bertz CT molecular complexity index is 390. The molecule has 1 heterocycles. The third-order valence-electron chi connectivity index (χ3n) is 2.18. The fraction of sp³-hybridized carbons (Fsp3) is 0.273. The summed E-state index contributed by atoms with van der Waals surface area (Å²) in [6, 6.07) is 0. The molecular formula is C11H12N2. The maximum atomic E-state index is 4.31. The number of rotatable bonds is 0. The number of nitrogens with zero attached hydrogens (tertiary/aromatic N) is 2. The van der Waals surface area contributed by atoms with Crippen molar-refractivity contribution in [3.63, 3.8) is 0 Å². The zero-order chi connectivity index (χ0) is 9.10. The van der Waals surface area contributed by atoms with E-state index in [9.17, 15) is 0 Å². The van der Waals surface area contributed by atoms with Gasteiger partial charge < -0.3 is 4.57 Å². The van der Waals surface area contributed by atoms with Crippen LogP contribution >= 0.6 is 0 Å². The van der Waals surface area contributed by atoms with Gasteiger partial charge in [-0.1, -0.05) is 6.08 Å². The highest BCUT2D eigenvalue weighted by Crippen LogP contribution is 2.11. The van der Waals surface area contributed by atoms with Gasteiger partial charge in [-0.3, -0.25) is 0 Å². The number of hydrogen-bond donors (Lipinski definition) is 0. The van der Waals surface area contributed by atoms with Gasteiger partial charge in [-0.15, -0.1) is 5.73 Å². The zero-order valence-corrected chi connectivity index (χ0v) is 7.70. The molecule has 0 radical (unpaired) electrons. The van der Waals surface area contributed by atoms with Gasteiger partial charge in [0.25, 0.3) is 0 Å². The van der Waals surface area contributed by atoms with Gasteiger partial charge in [-0.25, -0.2) is 4.98 Å². The molecule has 0 fully saturated rings. The monoisotopic (exact) mass is 172 g/mol. The van der Waals surface area contributed by atoms with Crippen molar-refractivity contribution in [3.8, 4) is 0 Å². The summed E-state index contributed by atoms with van der Waals surface area (Å²) < 4.78 is 2.08. The normalized spacial score (nSPS) is 17.3. The van der Waals surface area contributed by atoms with Gasteiger partial charge >= 0.3 is 0 Å². The lowest BCUT2D eigenvalue weighted by Gasteiger charge is -2.00. The predicted octanol–water partition coefficient (Wildman–Crippen LogP) is 2.09. The lowest BCUT2D eigenvalue weighted by molar-refractivity contribution is 0.807. The molecule has 1 aromatic heterocycles. The SMILES string of the molecule is Cn1cnc2c1CCC=C=C/C=C\2. The maximum absolute atomic E-state index is 4.31. The van der Waals surface area contributed by atoms with Crippen LogP contribution in [0, 0.1) is 0 Å². The molecule has 1 aliphatic rings. The Morgan fingerprint density at radius 1 is 1.54 bits per heavy atom. The summed E-state index contributed by atoms with van der Waals surface area (Å²) in [5, 5.41) is 0.